The SMILES string of the molecule is CC1(C)CCCC(NC2CCCCC2C(C)(C)C)CC1. The van der Waals surface area contributed by atoms with E-state index in [4.69, 9.17) is 0 Å². The van der Waals surface area contributed by atoms with Crippen molar-refractivity contribution in [2.24, 2.45) is 16.7 Å². The highest BCUT2D eigenvalue weighted by molar-refractivity contribution is 4.91. The van der Waals surface area contributed by atoms with Crippen LogP contribution in [0.25, 0.3) is 0 Å². The molecule has 0 radical (unpaired) electrons. The van der Waals surface area contributed by atoms with Crippen LogP contribution < -0.4 is 5.32 Å². The summed E-state index contributed by atoms with van der Waals surface area (Å²) in [5.74, 6) is 0.868. The van der Waals surface area contributed by atoms with Gasteiger partial charge < -0.3 is 5.32 Å². The lowest BCUT2D eigenvalue weighted by atomic mass is 9.69. The number of rotatable bonds is 2. The van der Waals surface area contributed by atoms with Crippen molar-refractivity contribution < 1.29 is 0 Å². The molecule has 3 unspecified atom stereocenters. The topological polar surface area (TPSA) is 12.0 Å². The average molecular weight is 280 g/mol. The predicted octanol–water partition coefficient (Wildman–Crippen LogP) is 5.54. The van der Waals surface area contributed by atoms with Crippen LogP contribution in [-0.4, -0.2) is 12.1 Å². The highest BCUT2D eigenvalue weighted by Gasteiger charge is 2.35. The van der Waals surface area contributed by atoms with Crippen LogP contribution in [0.3, 0.4) is 0 Å². The molecule has 0 aromatic rings. The molecule has 0 saturated heterocycles. The van der Waals surface area contributed by atoms with Gasteiger partial charge in [0.2, 0.25) is 0 Å². The van der Waals surface area contributed by atoms with Gasteiger partial charge in [0.15, 0.2) is 0 Å². The van der Waals surface area contributed by atoms with Gasteiger partial charge in [-0.2, -0.15) is 0 Å². The number of hydrogen-bond donors (Lipinski definition) is 1. The molecule has 20 heavy (non-hydrogen) atoms. The first-order valence-corrected chi connectivity index (χ1v) is 9.04. The van der Waals surface area contributed by atoms with Gasteiger partial charge in [-0.1, -0.05) is 53.9 Å². The van der Waals surface area contributed by atoms with Gasteiger partial charge in [0, 0.05) is 12.1 Å². The number of hydrogen-bond acceptors (Lipinski definition) is 1. The van der Waals surface area contributed by atoms with Gasteiger partial charge in [-0.05, 0) is 55.3 Å². The maximum absolute atomic E-state index is 4.09. The Morgan fingerprint density at radius 1 is 0.850 bits per heavy atom. The Morgan fingerprint density at radius 3 is 2.25 bits per heavy atom. The maximum atomic E-state index is 4.09. The minimum Gasteiger partial charge on any atom is -0.311 e. The zero-order valence-corrected chi connectivity index (χ0v) is 14.6. The Labute approximate surface area is 127 Å². The van der Waals surface area contributed by atoms with Crippen LogP contribution in [0.1, 0.15) is 92.4 Å². The zero-order chi connectivity index (χ0) is 14.8. The van der Waals surface area contributed by atoms with Crippen molar-refractivity contribution in [3.8, 4) is 0 Å². The molecule has 3 atom stereocenters. The zero-order valence-electron chi connectivity index (χ0n) is 14.6. The smallest absolute Gasteiger partial charge is 0.0103 e. The first kappa shape index (κ1) is 16.3. The summed E-state index contributed by atoms with van der Waals surface area (Å²) in [5, 5.41) is 4.09. The molecule has 0 heterocycles. The van der Waals surface area contributed by atoms with Crippen LogP contribution >= 0.6 is 0 Å². The molecule has 2 aliphatic rings. The van der Waals surface area contributed by atoms with E-state index < -0.39 is 0 Å². The van der Waals surface area contributed by atoms with Crippen molar-refractivity contribution in [1.82, 2.24) is 5.32 Å². The predicted molar refractivity (Wildman–Crippen MR) is 89.0 cm³/mol. The summed E-state index contributed by atoms with van der Waals surface area (Å²) in [6.07, 6.45) is 12.7. The quantitative estimate of drug-likeness (QED) is 0.654. The first-order valence-electron chi connectivity index (χ1n) is 9.04. The number of nitrogens with one attached hydrogen (secondary N) is 1. The molecule has 2 rings (SSSR count). The lowest BCUT2D eigenvalue weighted by Gasteiger charge is -2.42. The van der Waals surface area contributed by atoms with E-state index in [1.807, 2.05) is 0 Å². The van der Waals surface area contributed by atoms with E-state index in [-0.39, 0.29) is 0 Å². The van der Waals surface area contributed by atoms with Crippen LogP contribution in [0.15, 0.2) is 0 Å². The van der Waals surface area contributed by atoms with E-state index in [0.29, 0.717) is 10.8 Å². The third-order valence-electron chi connectivity index (χ3n) is 5.90. The maximum Gasteiger partial charge on any atom is 0.0103 e. The molecule has 0 aromatic heterocycles. The monoisotopic (exact) mass is 279 g/mol. The largest absolute Gasteiger partial charge is 0.311 e. The van der Waals surface area contributed by atoms with E-state index in [9.17, 15) is 0 Å². The van der Waals surface area contributed by atoms with Crippen LogP contribution in [0.2, 0.25) is 0 Å². The Bertz CT molecular complexity index is 299. The molecule has 2 aliphatic carbocycles. The highest BCUT2D eigenvalue weighted by atomic mass is 15.0. The summed E-state index contributed by atoms with van der Waals surface area (Å²) >= 11 is 0. The van der Waals surface area contributed by atoms with Crippen LogP contribution in [0.4, 0.5) is 0 Å². The fourth-order valence-electron chi connectivity index (χ4n) is 4.50. The fourth-order valence-corrected chi connectivity index (χ4v) is 4.50. The van der Waals surface area contributed by atoms with Gasteiger partial charge in [0.25, 0.3) is 0 Å². The van der Waals surface area contributed by atoms with Crippen molar-refractivity contribution in [2.75, 3.05) is 0 Å². The van der Waals surface area contributed by atoms with Crippen molar-refractivity contribution in [2.45, 2.75) is 104 Å². The third kappa shape index (κ3) is 4.48. The highest BCUT2D eigenvalue weighted by Crippen LogP contribution is 2.39. The lowest BCUT2D eigenvalue weighted by Crippen LogP contribution is -2.48. The Balaban J connectivity index is 1.93. The van der Waals surface area contributed by atoms with Gasteiger partial charge in [0.1, 0.15) is 0 Å². The minimum atomic E-state index is 0.460. The second kappa shape index (κ2) is 6.38. The Kier molecular flexibility index (Phi) is 5.21. The van der Waals surface area contributed by atoms with Crippen LogP contribution in [-0.2, 0) is 0 Å². The molecule has 2 saturated carbocycles. The van der Waals surface area contributed by atoms with E-state index in [0.717, 1.165) is 18.0 Å². The van der Waals surface area contributed by atoms with Crippen molar-refractivity contribution in [3.05, 3.63) is 0 Å². The first-order chi connectivity index (χ1) is 9.28. The van der Waals surface area contributed by atoms with Crippen molar-refractivity contribution >= 4 is 0 Å². The summed E-state index contributed by atoms with van der Waals surface area (Å²) in [6, 6.07) is 1.56. The molecule has 1 nitrogen and oxygen atoms in total. The van der Waals surface area contributed by atoms with E-state index in [1.165, 1.54) is 57.8 Å². The second-order valence-electron chi connectivity index (χ2n) is 9.32. The summed E-state index contributed by atoms with van der Waals surface area (Å²) < 4.78 is 0. The standard InChI is InChI=1S/C19H37N/c1-18(2,3)16-10-6-7-11-17(16)20-15-9-8-13-19(4,5)14-12-15/h15-17,20H,6-14H2,1-5H3. The third-order valence-corrected chi connectivity index (χ3v) is 5.90. The molecule has 1 N–H and O–H groups in total. The molecule has 0 amide bonds. The molecule has 118 valence electrons. The van der Waals surface area contributed by atoms with Crippen LogP contribution in [0.5, 0.6) is 0 Å². The van der Waals surface area contributed by atoms with Crippen molar-refractivity contribution in [3.63, 3.8) is 0 Å². The summed E-state index contributed by atoms with van der Waals surface area (Å²) in [5.41, 5.74) is 1.04. The Morgan fingerprint density at radius 2 is 1.55 bits per heavy atom. The summed E-state index contributed by atoms with van der Waals surface area (Å²) in [6.45, 7) is 12.2. The van der Waals surface area contributed by atoms with Gasteiger partial charge >= 0.3 is 0 Å². The van der Waals surface area contributed by atoms with Gasteiger partial charge in [-0.15, -0.1) is 0 Å². The molecular weight excluding hydrogens is 242 g/mol. The molecule has 1 heteroatoms. The molecule has 0 aromatic carbocycles. The second-order valence-corrected chi connectivity index (χ2v) is 9.32. The fraction of sp³-hybridized carbons (Fsp3) is 1.00. The molecular formula is C19H37N. The summed E-state index contributed by atoms with van der Waals surface area (Å²) in [7, 11) is 0. The minimum absolute atomic E-state index is 0.460. The van der Waals surface area contributed by atoms with Gasteiger partial charge in [-0.3, -0.25) is 0 Å². The molecule has 0 bridgehead atoms. The average Bonchev–Trinajstić information content (AvgIpc) is 2.50. The Hall–Kier alpha value is -0.0400. The lowest BCUT2D eigenvalue weighted by molar-refractivity contribution is 0.120. The van der Waals surface area contributed by atoms with Crippen LogP contribution in [0, 0.1) is 16.7 Å². The normalized spacial score (nSPS) is 35.5. The van der Waals surface area contributed by atoms with Gasteiger partial charge in [0.05, 0.1) is 0 Å². The van der Waals surface area contributed by atoms with E-state index in [2.05, 4.69) is 39.9 Å². The summed E-state index contributed by atoms with van der Waals surface area (Å²) in [4.78, 5) is 0. The van der Waals surface area contributed by atoms with E-state index >= 15 is 0 Å². The molecule has 0 aliphatic heterocycles. The molecule has 0 spiro atoms. The van der Waals surface area contributed by atoms with Crippen molar-refractivity contribution in [1.29, 1.82) is 0 Å². The van der Waals surface area contributed by atoms with E-state index in [1.54, 1.807) is 0 Å². The molecule has 2 fully saturated rings. The van der Waals surface area contributed by atoms with Gasteiger partial charge in [-0.25, -0.2) is 0 Å².